The van der Waals surface area contributed by atoms with Crippen LogP contribution < -0.4 is 10.2 Å². The third-order valence-corrected chi connectivity index (χ3v) is 5.84. The zero-order valence-corrected chi connectivity index (χ0v) is 17.1. The van der Waals surface area contributed by atoms with Gasteiger partial charge < -0.3 is 10.2 Å². The quantitative estimate of drug-likeness (QED) is 0.725. The van der Waals surface area contributed by atoms with Gasteiger partial charge >= 0.3 is 0 Å². The van der Waals surface area contributed by atoms with Crippen LogP contribution in [0.2, 0.25) is 5.02 Å². The average molecular weight is 402 g/mol. The molecule has 4 heterocycles. The molecule has 0 aliphatic carbocycles. The van der Waals surface area contributed by atoms with Crippen molar-refractivity contribution >= 4 is 29.1 Å². The van der Waals surface area contributed by atoms with Crippen molar-refractivity contribution in [1.82, 2.24) is 29.7 Å². The molecule has 8 nitrogen and oxygen atoms in total. The molecule has 0 aromatic carbocycles. The van der Waals surface area contributed by atoms with E-state index in [2.05, 4.69) is 25.5 Å². The Hall–Kier alpha value is -2.61. The van der Waals surface area contributed by atoms with Crippen molar-refractivity contribution in [1.29, 1.82) is 0 Å². The Morgan fingerprint density at radius 2 is 2.18 bits per heavy atom. The smallest absolute Gasteiger partial charge is 0.231 e. The Labute approximate surface area is 168 Å². The fourth-order valence-corrected chi connectivity index (χ4v) is 4.05. The number of amides is 1. The molecule has 3 aromatic heterocycles. The number of carbonyl (C=O) groups excluding carboxylic acids is 1. The molecular formula is C19H24ClN7O. The summed E-state index contributed by atoms with van der Waals surface area (Å²) < 4.78 is 3.73. The fraction of sp³-hybridized carbons (Fsp3) is 0.474. The number of hydrogen-bond acceptors (Lipinski definition) is 5. The Morgan fingerprint density at radius 3 is 2.93 bits per heavy atom. The van der Waals surface area contributed by atoms with Crippen LogP contribution in [0.25, 0.3) is 5.65 Å². The molecule has 1 atom stereocenters. The number of halogens is 1. The molecule has 0 radical (unpaired) electrons. The highest BCUT2D eigenvalue weighted by atomic mass is 35.5. The first-order valence-electron chi connectivity index (χ1n) is 9.46. The van der Waals surface area contributed by atoms with E-state index in [0.717, 1.165) is 42.3 Å². The molecule has 9 heteroatoms. The van der Waals surface area contributed by atoms with Gasteiger partial charge in [0.1, 0.15) is 0 Å². The molecule has 0 saturated carbocycles. The van der Waals surface area contributed by atoms with Crippen LogP contribution in [0, 0.1) is 19.8 Å². The lowest BCUT2D eigenvalue weighted by Gasteiger charge is -2.32. The van der Waals surface area contributed by atoms with E-state index in [1.54, 1.807) is 6.07 Å². The average Bonchev–Trinajstić information content (AvgIpc) is 3.22. The van der Waals surface area contributed by atoms with Crippen LogP contribution in [0.4, 0.5) is 5.95 Å². The molecule has 1 saturated heterocycles. The van der Waals surface area contributed by atoms with E-state index < -0.39 is 0 Å². The number of hydrogen-bond donors (Lipinski definition) is 1. The second-order valence-electron chi connectivity index (χ2n) is 7.33. The van der Waals surface area contributed by atoms with Crippen LogP contribution in [0.1, 0.15) is 29.8 Å². The standard InChI is InChI=1S/C19H24ClN7O/c1-12-15(13(2)25(3)24-12)10-21-18(28)14-6-4-8-26(11-14)19-23-22-17-16(20)7-5-9-27(17)19/h5,7,9,14H,4,6,8,10-11H2,1-3H3,(H,21,28)/t14-/m1/s1. The van der Waals surface area contributed by atoms with E-state index in [1.807, 2.05) is 42.2 Å². The minimum atomic E-state index is -0.0856. The molecule has 28 heavy (non-hydrogen) atoms. The lowest BCUT2D eigenvalue weighted by molar-refractivity contribution is -0.125. The first kappa shape index (κ1) is 18.7. The van der Waals surface area contributed by atoms with Gasteiger partial charge in [-0.25, -0.2) is 0 Å². The highest BCUT2D eigenvalue weighted by Gasteiger charge is 2.28. The van der Waals surface area contributed by atoms with Crippen molar-refractivity contribution in [2.75, 3.05) is 18.0 Å². The summed E-state index contributed by atoms with van der Waals surface area (Å²) in [4.78, 5) is 14.9. The Kier molecular flexibility index (Phi) is 4.97. The molecule has 0 unspecified atom stereocenters. The van der Waals surface area contributed by atoms with E-state index in [-0.39, 0.29) is 11.8 Å². The van der Waals surface area contributed by atoms with E-state index in [1.165, 1.54) is 0 Å². The molecule has 4 rings (SSSR count). The topological polar surface area (TPSA) is 80.3 Å². The third-order valence-electron chi connectivity index (χ3n) is 5.54. The minimum absolute atomic E-state index is 0.0687. The fourth-order valence-electron chi connectivity index (χ4n) is 3.85. The van der Waals surface area contributed by atoms with Crippen molar-refractivity contribution in [3.63, 3.8) is 0 Å². The molecule has 1 fully saturated rings. The van der Waals surface area contributed by atoms with E-state index in [0.29, 0.717) is 23.8 Å². The highest BCUT2D eigenvalue weighted by Crippen LogP contribution is 2.25. The summed E-state index contributed by atoms with van der Waals surface area (Å²) in [6, 6.07) is 3.67. The molecule has 0 bridgehead atoms. The van der Waals surface area contributed by atoms with Gasteiger partial charge in [-0.3, -0.25) is 13.9 Å². The minimum Gasteiger partial charge on any atom is -0.352 e. The molecular weight excluding hydrogens is 378 g/mol. The first-order chi connectivity index (χ1) is 13.5. The number of pyridine rings is 1. The SMILES string of the molecule is Cc1nn(C)c(C)c1CNC(=O)[C@@H]1CCCN(c2nnc3c(Cl)cccn23)C1. The van der Waals surface area contributed by atoms with Crippen molar-refractivity contribution in [3.05, 3.63) is 40.3 Å². The zero-order valence-electron chi connectivity index (χ0n) is 16.3. The maximum absolute atomic E-state index is 12.8. The second kappa shape index (κ2) is 7.43. The van der Waals surface area contributed by atoms with Crippen LogP contribution >= 0.6 is 11.6 Å². The number of aromatic nitrogens is 5. The number of piperidine rings is 1. The summed E-state index contributed by atoms with van der Waals surface area (Å²) >= 11 is 6.20. The molecule has 1 aliphatic rings. The number of rotatable bonds is 4. The predicted molar refractivity (Wildman–Crippen MR) is 107 cm³/mol. The van der Waals surface area contributed by atoms with Gasteiger partial charge in [0.25, 0.3) is 0 Å². The summed E-state index contributed by atoms with van der Waals surface area (Å²) in [6.45, 7) is 5.95. The van der Waals surface area contributed by atoms with E-state index in [9.17, 15) is 4.79 Å². The van der Waals surface area contributed by atoms with Gasteiger partial charge in [-0.05, 0) is 38.8 Å². The molecule has 3 aromatic rings. The van der Waals surface area contributed by atoms with Gasteiger partial charge in [-0.15, -0.1) is 10.2 Å². The van der Waals surface area contributed by atoms with Crippen molar-refractivity contribution in [3.8, 4) is 0 Å². The van der Waals surface area contributed by atoms with E-state index in [4.69, 9.17) is 11.6 Å². The number of carbonyl (C=O) groups is 1. The van der Waals surface area contributed by atoms with Gasteiger partial charge in [-0.1, -0.05) is 11.6 Å². The lowest BCUT2D eigenvalue weighted by atomic mass is 9.97. The predicted octanol–water partition coefficient (Wildman–Crippen LogP) is 2.27. The van der Waals surface area contributed by atoms with Crippen LogP contribution in [-0.2, 0) is 18.4 Å². The van der Waals surface area contributed by atoms with Crippen molar-refractivity contribution in [2.45, 2.75) is 33.2 Å². The van der Waals surface area contributed by atoms with Crippen LogP contribution in [-0.4, -0.2) is 43.4 Å². The number of aryl methyl sites for hydroxylation is 2. The third kappa shape index (κ3) is 3.32. The molecule has 0 spiro atoms. The lowest BCUT2D eigenvalue weighted by Crippen LogP contribution is -2.43. The van der Waals surface area contributed by atoms with Gasteiger partial charge in [-0.2, -0.15) is 5.10 Å². The Balaban J connectivity index is 1.46. The van der Waals surface area contributed by atoms with Crippen molar-refractivity contribution in [2.24, 2.45) is 13.0 Å². The van der Waals surface area contributed by atoms with E-state index >= 15 is 0 Å². The van der Waals surface area contributed by atoms with Gasteiger partial charge in [0.15, 0.2) is 5.65 Å². The Bertz CT molecular complexity index is 1020. The van der Waals surface area contributed by atoms with Crippen LogP contribution in [0.15, 0.2) is 18.3 Å². The summed E-state index contributed by atoms with van der Waals surface area (Å²) in [5, 5.41) is 16.6. The van der Waals surface area contributed by atoms with Gasteiger partial charge in [0.05, 0.1) is 16.6 Å². The summed E-state index contributed by atoms with van der Waals surface area (Å²) in [6.07, 6.45) is 3.69. The maximum Gasteiger partial charge on any atom is 0.231 e. The number of anilines is 1. The first-order valence-corrected chi connectivity index (χ1v) is 9.84. The van der Waals surface area contributed by atoms with Gasteiger partial charge in [0, 0.05) is 44.1 Å². The summed E-state index contributed by atoms with van der Waals surface area (Å²) in [7, 11) is 1.92. The highest BCUT2D eigenvalue weighted by molar-refractivity contribution is 6.33. The molecule has 1 N–H and O–H groups in total. The monoisotopic (exact) mass is 401 g/mol. The van der Waals surface area contributed by atoms with Gasteiger partial charge in [0.2, 0.25) is 11.9 Å². The molecule has 1 amide bonds. The molecule has 1 aliphatic heterocycles. The number of fused-ring (bicyclic) bond motifs is 1. The summed E-state index contributed by atoms with van der Waals surface area (Å²) in [5.74, 6) is 0.714. The largest absolute Gasteiger partial charge is 0.352 e. The number of nitrogens with one attached hydrogen (secondary N) is 1. The van der Waals surface area contributed by atoms with Crippen molar-refractivity contribution < 1.29 is 4.79 Å². The van der Waals surface area contributed by atoms with Crippen LogP contribution in [0.3, 0.4) is 0 Å². The van der Waals surface area contributed by atoms with Crippen LogP contribution in [0.5, 0.6) is 0 Å². The number of nitrogens with zero attached hydrogens (tertiary/aromatic N) is 6. The maximum atomic E-state index is 12.8. The molecule has 148 valence electrons. The normalized spacial score (nSPS) is 17.3. The Morgan fingerprint density at radius 1 is 1.36 bits per heavy atom. The second-order valence-corrected chi connectivity index (χ2v) is 7.73. The summed E-state index contributed by atoms with van der Waals surface area (Å²) in [5.41, 5.74) is 3.75. The zero-order chi connectivity index (χ0) is 19.8.